The summed E-state index contributed by atoms with van der Waals surface area (Å²) in [5.41, 5.74) is 0.851. The molecule has 20 heavy (non-hydrogen) atoms. The van der Waals surface area contributed by atoms with E-state index in [4.69, 9.17) is 4.42 Å². The van der Waals surface area contributed by atoms with Crippen molar-refractivity contribution in [1.82, 2.24) is 5.32 Å². The SMILES string of the molecule is O=C(N[C@@H]1CCS(=O)(=O)C1)c1cc(-c2ccco2)cs1. The Kier molecular flexibility index (Phi) is 3.39. The van der Waals surface area contributed by atoms with E-state index in [1.165, 1.54) is 11.3 Å². The van der Waals surface area contributed by atoms with Crippen molar-refractivity contribution in [2.24, 2.45) is 0 Å². The van der Waals surface area contributed by atoms with Gasteiger partial charge in [0.25, 0.3) is 5.91 Å². The monoisotopic (exact) mass is 311 g/mol. The molecule has 1 atom stereocenters. The van der Waals surface area contributed by atoms with Crippen LogP contribution in [-0.4, -0.2) is 31.9 Å². The average Bonchev–Trinajstić information content (AvgIpc) is 3.08. The van der Waals surface area contributed by atoms with Gasteiger partial charge in [0.15, 0.2) is 9.84 Å². The predicted molar refractivity (Wildman–Crippen MR) is 76.5 cm³/mol. The van der Waals surface area contributed by atoms with Crippen LogP contribution in [0.2, 0.25) is 0 Å². The molecule has 0 saturated carbocycles. The van der Waals surface area contributed by atoms with Crippen molar-refractivity contribution < 1.29 is 17.6 Å². The molecule has 1 aliphatic rings. The Balaban J connectivity index is 1.69. The number of amides is 1. The summed E-state index contributed by atoms with van der Waals surface area (Å²) in [6, 6.07) is 5.09. The van der Waals surface area contributed by atoms with E-state index < -0.39 is 9.84 Å². The van der Waals surface area contributed by atoms with Crippen LogP contribution in [0.5, 0.6) is 0 Å². The van der Waals surface area contributed by atoms with Crippen molar-refractivity contribution in [3.8, 4) is 11.3 Å². The normalized spacial score (nSPS) is 20.9. The largest absolute Gasteiger partial charge is 0.464 e. The summed E-state index contributed by atoms with van der Waals surface area (Å²) in [7, 11) is -2.98. The Morgan fingerprint density at radius 1 is 1.45 bits per heavy atom. The fraction of sp³-hybridized carbons (Fsp3) is 0.308. The highest BCUT2D eigenvalue weighted by Gasteiger charge is 2.29. The number of hydrogen-bond donors (Lipinski definition) is 1. The van der Waals surface area contributed by atoms with Crippen molar-refractivity contribution in [3.63, 3.8) is 0 Å². The van der Waals surface area contributed by atoms with Crippen molar-refractivity contribution in [2.75, 3.05) is 11.5 Å². The molecule has 2 aromatic heterocycles. The van der Waals surface area contributed by atoms with Crippen LogP contribution in [0, 0.1) is 0 Å². The molecule has 2 aromatic rings. The molecule has 0 aliphatic carbocycles. The Morgan fingerprint density at radius 3 is 2.95 bits per heavy atom. The summed E-state index contributed by atoms with van der Waals surface area (Å²) >= 11 is 1.32. The predicted octanol–water partition coefficient (Wildman–Crippen LogP) is 1.93. The maximum atomic E-state index is 12.1. The smallest absolute Gasteiger partial charge is 0.261 e. The van der Waals surface area contributed by atoms with Crippen LogP contribution >= 0.6 is 11.3 Å². The topological polar surface area (TPSA) is 76.4 Å². The molecule has 0 radical (unpaired) electrons. The lowest BCUT2D eigenvalue weighted by Crippen LogP contribution is -2.35. The summed E-state index contributed by atoms with van der Waals surface area (Å²) in [5.74, 6) is 0.675. The molecule has 1 aliphatic heterocycles. The zero-order valence-electron chi connectivity index (χ0n) is 10.5. The van der Waals surface area contributed by atoms with Crippen molar-refractivity contribution in [2.45, 2.75) is 12.5 Å². The van der Waals surface area contributed by atoms with Gasteiger partial charge in [-0.25, -0.2) is 8.42 Å². The van der Waals surface area contributed by atoms with Gasteiger partial charge < -0.3 is 9.73 Å². The van der Waals surface area contributed by atoms with Gasteiger partial charge in [0.2, 0.25) is 0 Å². The number of thiophene rings is 1. The number of furan rings is 1. The molecule has 1 saturated heterocycles. The molecule has 0 bridgehead atoms. The van der Waals surface area contributed by atoms with Crippen LogP contribution in [0.25, 0.3) is 11.3 Å². The van der Waals surface area contributed by atoms with E-state index in [0.717, 1.165) is 5.56 Å². The molecular formula is C13H13NO4S2. The third-order valence-corrected chi connectivity index (χ3v) is 5.89. The molecule has 0 unspecified atom stereocenters. The van der Waals surface area contributed by atoms with Crippen LogP contribution < -0.4 is 5.32 Å². The second-order valence-corrected chi connectivity index (χ2v) is 7.89. The molecule has 106 valence electrons. The first kappa shape index (κ1) is 13.4. The van der Waals surface area contributed by atoms with E-state index in [2.05, 4.69) is 5.32 Å². The summed E-state index contributed by atoms with van der Waals surface area (Å²) in [6.45, 7) is 0. The maximum Gasteiger partial charge on any atom is 0.261 e. The third-order valence-electron chi connectivity index (χ3n) is 3.20. The highest BCUT2D eigenvalue weighted by Crippen LogP contribution is 2.26. The highest BCUT2D eigenvalue weighted by molar-refractivity contribution is 7.91. The first-order valence-corrected chi connectivity index (χ1v) is 8.87. The Morgan fingerprint density at radius 2 is 2.30 bits per heavy atom. The Hall–Kier alpha value is -1.60. The van der Waals surface area contributed by atoms with Crippen LogP contribution in [0.4, 0.5) is 0 Å². The van der Waals surface area contributed by atoms with E-state index in [1.54, 1.807) is 18.4 Å². The molecule has 7 heteroatoms. The quantitative estimate of drug-likeness (QED) is 0.939. The molecule has 0 aromatic carbocycles. The minimum Gasteiger partial charge on any atom is -0.464 e. The van der Waals surface area contributed by atoms with Gasteiger partial charge in [-0.1, -0.05) is 0 Å². The van der Waals surface area contributed by atoms with Crippen LogP contribution in [-0.2, 0) is 9.84 Å². The minimum atomic E-state index is -2.98. The van der Waals surface area contributed by atoms with E-state index in [0.29, 0.717) is 17.1 Å². The fourth-order valence-corrected chi connectivity index (χ4v) is 4.67. The number of hydrogen-bond acceptors (Lipinski definition) is 5. The molecular weight excluding hydrogens is 298 g/mol. The van der Waals surface area contributed by atoms with Crippen LogP contribution in [0.15, 0.2) is 34.3 Å². The van der Waals surface area contributed by atoms with Gasteiger partial charge in [-0.3, -0.25) is 4.79 Å². The van der Waals surface area contributed by atoms with Crippen molar-refractivity contribution in [1.29, 1.82) is 0 Å². The molecule has 5 nitrogen and oxygen atoms in total. The van der Waals surface area contributed by atoms with E-state index in [-0.39, 0.29) is 23.5 Å². The van der Waals surface area contributed by atoms with Gasteiger partial charge in [0.05, 0.1) is 22.6 Å². The maximum absolute atomic E-state index is 12.1. The average molecular weight is 311 g/mol. The number of rotatable bonds is 3. The summed E-state index contributed by atoms with van der Waals surface area (Å²) in [5, 5.41) is 4.62. The number of carbonyl (C=O) groups is 1. The lowest BCUT2D eigenvalue weighted by atomic mass is 10.2. The lowest BCUT2D eigenvalue weighted by Gasteiger charge is -2.09. The second kappa shape index (κ2) is 5.06. The number of sulfone groups is 1. The summed E-state index contributed by atoms with van der Waals surface area (Å²) in [6.07, 6.45) is 2.07. The number of carbonyl (C=O) groups excluding carboxylic acids is 1. The lowest BCUT2D eigenvalue weighted by molar-refractivity contribution is 0.0945. The molecule has 3 heterocycles. The van der Waals surface area contributed by atoms with Gasteiger partial charge in [0, 0.05) is 17.0 Å². The fourth-order valence-electron chi connectivity index (χ4n) is 2.19. The second-order valence-electron chi connectivity index (χ2n) is 4.75. The first-order chi connectivity index (χ1) is 9.53. The van der Waals surface area contributed by atoms with Gasteiger partial charge in [-0.05, 0) is 24.6 Å². The summed E-state index contributed by atoms with van der Waals surface area (Å²) < 4.78 is 28.0. The van der Waals surface area contributed by atoms with E-state index in [9.17, 15) is 13.2 Å². The Bertz CT molecular complexity index is 715. The van der Waals surface area contributed by atoms with E-state index >= 15 is 0 Å². The van der Waals surface area contributed by atoms with E-state index in [1.807, 2.05) is 11.4 Å². The van der Waals surface area contributed by atoms with Crippen molar-refractivity contribution in [3.05, 3.63) is 34.7 Å². The van der Waals surface area contributed by atoms with Crippen molar-refractivity contribution >= 4 is 27.1 Å². The molecule has 0 spiro atoms. The highest BCUT2D eigenvalue weighted by atomic mass is 32.2. The van der Waals surface area contributed by atoms with Gasteiger partial charge in [0.1, 0.15) is 5.76 Å². The zero-order valence-corrected chi connectivity index (χ0v) is 12.2. The third kappa shape index (κ3) is 2.78. The standard InChI is InChI=1S/C13H13NO4S2/c15-13(14-10-3-5-20(16,17)8-10)12-6-9(7-19-12)11-2-1-4-18-11/h1-2,4,6-7,10H,3,5,8H2,(H,14,15)/t10-/m1/s1. The van der Waals surface area contributed by atoms with Gasteiger partial charge in [-0.15, -0.1) is 11.3 Å². The zero-order chi connectivity index (χ0) is 14.2. The van der Waals surface area contributed by atoms with Crippen LogP contribution in [0.1, 0.15) is 16.1 Å². The Labute approximate surface area is 120 Å². The molecule has 1 fully saturated rings. The van der Waals surface area contributed by atoms with Gasteiger partial charge >= 0.3 is 0 Å². The minimum absolute atomic E-state index is 0.0369. The van der Waals surface area contributed by atoms with Gasteiger partial charge in [-0.2, -0.15) is 0 Å². The first-order valence-electron chi connectivity index (χ1n) is 6.17. The molecule has 3 rings (SSSR count). The number of nitrogens with one attached hydrogen (secondary N) is 1. The molecule has 1 N–H and O–H groups in total. The summed E-state index contributed by atoms with van der Waals surface area (Å²) in [4.78, 5) is 12.6. The van der Waals surface area contributed by atoms with Crippen LogP contribution in [0.3, 0.4) is 0 Å². The molecule has 1 amide bonds.